The highest BCUT2D eigenvalue weighted by Gasteiger charge is 2.26. The third-order valence-electron chi connectivity index (χ3n) is 4.98. The average Bonchev–Trinajstić information content (AvgIpc) is 2.76. The number of hydrogen-bond acceptors (Lipinski definition) is 1. The van der Waals surface area contributed by atoms with E-state index in [0.717, 1.165) is 6.54 Å². The van der Waals surface area contributed by atoms with Crippen molar-refractivity contribution in [3.63, 3.8) is 0 Å². The topological polar surface area (TPSA) is 17.0 Å². The fourth-order valence-corrected chi connectivity index (χ4v) is 4.15. The van der Waals surface area contributed by atoms with Gasteiger partial charge in [-0.2, -0.15) is 0 Å². The summed E-state index contributed by atoms with van der Waals surface area (Å²) >= 11 is 0. The lowest BCUT2D eigenvalue weighted by Crippen LogP contribution is -2.30. The van der Waals surface area contributed by atoms with Gasteiger partial charge in [-0.15, -0.1) is 0 Å². The van der Waals surface area contributed by atoms with Crippen LogP contribution in [0.3, 0.4) is 0 Å². The highest BCUT2D eigenvalue weighted by molar-refractivity contribution is 5.88. The van der Waals surface area contributed by atoms with Crippen LogP contribution in [0.4, 0.5) is 0 Å². The van der Waals surface area contributed by atoms with E-state index < -0.39 is 0 Å². The molecule has 2 aromatic rings. The Hall–Kier alpha value is -1.28. The van der Waals surface area contributed by atoms with Crippen LogP contribution in [0.15, 0.2) is 18.2 Å². The van der Waals surface area contributed by atoms with Crippen LogP contribution < -0.4 is 5.32 Å². The molecule has 2 nitrogen and oxygen atoms in total. The summed E-state index contributed by atoms with van der Waals surface area (Å²) in [6, 6.07) is 6.87. The van der Waals surface area contributed by atoms with Crippen LogP contribution in [-0.2, 0) is 13.0 Å². The summed E-state index contributed by atoms with van der Waals surface area (Å²) in [4.78, 5) is 0. The number of piperidine rings is 1. The second-order valence-corrected chi connectivity index (χ2v) is 6.12. The van der Waals surface area contributed by atoms with Gasteiger partial charge in [-0.25, -0.2) is 0 Å². The van der Waals surface area contributed by atoms with E-state index in [1.165, 1.54) is 55.2 Å². The van der Waals surface area contributed by atoms with E-state index in [2.05, 4.69) is 35.0 Å². The second-order valence-electron chi connectivity index (χ2n) is 6.12. The first-order valence-electron chi connectivity index (χ1n) is 7.67. The quantitative estimate of drug-likeness (QED) is 0.825. The lowest BCUT2D eigenvalue weighted by molar-refractivity contribution is 0.437. The van der Waals surface area contributed by atoms with Gasteiger partial charge in [-0.3, -0.25) is 0 Å². The number of aromatic nitrogens is 1. The minimum atomic E-state index is 0.715. The van der Waals surface area contributed by atoms with Crippen LogP contribution >= 0.6 is 0 Å². The van der Waals surface area contributed by atoms with Gasteiger partial charge in [0.1, 0.15) is 0 Å². The first-order chi connectivity index (χ1) is 9.36. The monoisotopic (exact) mass is 254 g/mol. The molecular weight excluding hydrogens is 232 g/mol. The SMILES string of the molecule is Cc1c(C2CCCNC2)n2c3c(cccc13)CCC2. The Kier molecular flexibility index (Phi) is 2.66. The summed E-state index contributed by atoms with van der Waals surface area (Å²) in [7, 11) is 0. The maximum absolute atomic E-state index is 3.58. The molecule has 0 saturated carbocycles. The smallest absolute Gasteiger partial charge is 0.0517 e. The van der Waals surface area contributed by atoms with Gasteiger partial charge in [0.2, 0.25) is 0 Å². The molecule has 1 fully saturated rings. The van der Waals surface area contributed by atoms with Crippen molar-refractivity contribution in [3.05, 3.63) is 35.0 Å². The van der Waals surface area contributed by atoms with Crippen molar-refractivity contribution in [1.29, 1.82) is 0 Å². The molecular formula is C17H22N2. The van der Waals surface area contributed by atoms with E-state index in [0.29, 0.717) is 5.92 Å². The fourth-order valence-electron chi connectivity index (χ4n) is 4.15. The fraction of sp³-hybridized carbons (Fsp3) is 0.529. The summed E-state index contributed by atoms with van der Waals surface area (Å²) in [6.07, 6.45) is 5.22. The number of para-hydroxylation sites is 1. The molecule has 1 aromatic heterocycles. The van der Waals surface area contributed by atoms with Gasteiger partial charge in [0, 0.05) is 30.1 Å². The van der Waals surface area contributed by atoms with E-state index in [1.807, 2.05) is 0 Å². The predicted molar refractivity (Wildman–Crippen MR) is 79.8 cm³/mol. The molecule has 0 bridgehead atoms. The van der Waals surface area contributed by atoms with Crippen LogP contribution in [-0.4, -0.2) is 17.7 Å². The Morgan fingerprint density at radius 2 is 2.21 bits per heavy atom. The molecule has 2 aliphatic heterocycles. The van der Waals surface area contributed by atoms with Crippen molar-refractivity contribution in [2.45, 2.75) is 45.1 Å². The Balaban J connectivity index is 1.95. The Labute approximate surface area is 114 Å². The lowest BCUT2D eigenvalue weighted by Gasteiger charge is -2.27. The van der Waals surface area contributed by atoms with Crippen molar-refractivity contribution in [3.8, 4) is 0 Å². The molecule has 1 saturated heterocycles. The van der Waals surface area contributed by atoms with Crippen molar-refractivity contribution < 1.29 is 0 Å². The van der Waals surface area contributed by atoms with Gasteiger partial charge < -0.3 is 9.88 Å². The van der Waals surface area contributed by atoms with Crippen LogP contribution in [0.1, 0.15) is 42.0 Å². The molecule has 2 aliphatic rings. The molecule has 4 rings (SSSR count). The summed E-state index contributed by atoms with van der Waals surface area (Å²) in [5.41, 5.74) is 6.25. The minimum Gasteiger partial charge on any atom is -0.344 e. The Morgan fingerprint density at radius 3 is 3.05 bits per heavy atom. The highest BCUT2D eigenvalue weighted by atomic mass is 15.0. The third kappa shape index (κ3) is 1.66. The predicted octanol–water partition coefficient (Wildman–Crippen LogP) is 3.36. The zero-order valence-electron chi connectivity index (χ0n) is 11.7. The van der Waals surface area contributed by atoms with E-state index in [-0.39, 0.29) is 0 Å². The van der Waals surface area contributed by atoms with E-state index in [1.54, 1.807) is 11.3 Å². The highest BCUT2D eigenvalue weighted by Crippen LogP contribution is 2.37. The zero-order chi connectivity index (χ0) is 12.8. The Morgan fingerprint density at radius 1 is 1.26 bits per heavy atom. The Bertz CT molecular complexity index is 618. The first-order valence-corrected chi connectivity index (χ1v) is 7.67. The van der Waals surface area contributed by atoms with Gasteiger partial charge in [-0.05, 0) is 50.3 Å². The number of nitrogens with one attached hydrogen (secondary N) is 1. The van der Waals surface area contributed by atoms with Gasteiger partial charge in [0.25, 0.3) is 0 Å². The third-order valence-corrected chi connectivity index (χ3v) is 4.98. The number of nitrogens with zero attached hydrogens (tertiary/aromatic N) is 1. The van der Waals surface area contributed by atoms with Crippen LogP contribution in [0.2, 0.25) is 0 Å². The van der Waals surface area contributed by atoms with E-state index in [9.17, 15) is 0 Å². The summed E-state index contributed by atoms with van der Waals surface area (Å²) in [5, 5.41) is 5.07. The maximum atomic E-state index is 3.58. The van der Waals surface area contributed by atoms with Crippen LogP contribution in [0.5, 0.6) is 0 Å². The van der Waals surface area contributed by atoms with Crippen molar-refractivity contribution in [1.82, 2.24) is 9.88 Å². The summed E-state index contributed by atoms with van der Waals surface area (Å²) in [5.74, 6) is 0.715. The number of hydrogen-bond donors (Lipinski definition) is 1. The van der Waals surface area contributed by atoms with Crippen LogP contribution in [0, 0.1) is 6.92 Å². The lowest BCUT2D eigenvalue weighted by atomic mass is 9.93. The molecule has 0 radical (unpaired) electrons. The number of benzene rings is 1. The summed E-state index contributed by atoms with van der Waals surface area (Å²) < 4.78 is 2.64. The first kappa shape index (κ1) is 11.5. The molecule has 19 heavy (non-hydrogen) atoms. The minimum absolute atomic E-state index is 0.715. The van der Waals surface area contributed by atoms with E-state index >= 15 is 0 Å². The van der Waals surface area contributed by atoms with Crippen molar-refractivity contribution in [2.24, 2.45) is 0 Å². The summed E-state index contributed by atoms with van der Waals surface area (Å²) in [6.45, 7) is 5.90. The molecule has 0 aliphatic carbocycles. The van der Waals surface area contributed by atoms with Gasteiger partial charge in [-0.1, -0.05) is 18.2 Å². The van der Waals surface area contributed by atoms with Gasteiger partial charge in [0.05, 0.1) is 5.52 Å². The van der Waals surface area contributed by atoms with E-state index in [4.69, 9.17) is 0 Å². The number of aryl methyl sites for hydroxylation is 3. The molecule has 2 heteroatoms. The average molecular weight is 254 g/mol. The van der Waals surface area contributed by atoms with Crippen molar-refractivity contribution in [2.75, 3.05) is 13.1 Å². The second kappa shape index (κ2) is 4.38. The molecule has 3 heterocycles. The molecule has 0 spiro atoms. The molecule has 100 valence electrons. The molecule has 1 unspecified atom stereocenters. The van der Waals surface area contributed by atoms with Gasteiger partial charge >= 0.3 is 0 Å². The molecule has 0 amide bonds. The van der Waals surface area contributed by atoms with Crippen molar-refractivity contribution >= 4 is 10.9 Å². The maximum Gasteiger partial charge on any atom is 0.0517 e. The molecule has 1 atom stereocenters. The number of rotatable bonds is 1. The normalized spacial score (nSPS) is 22.9. The standard InChI is InChI=1S/C17H22N2/c1-12-15-8-2-5-13-7-4-10-19(17(13)15)16(12)14-6-3-9-18-11-14/h2,5,8,14,18H,3-4,6-7,9-11H2,1H3. The largest absolute Gasteiger partial charge is 0.344 e. The van der Waals surface area contributed by atoms with Gasteiger partial charge in [0.15, 0.2) is 0 Å². The molecule has 1 N–H and O–H groups in total. The zero-order valence-corrected chi connectivity index (χ0v) is 11.7. The molecule has 1 aromatic carbocycles. The van der Waals surface area contributed by atoms with Crippen LogP contribution in [0.25, 0.3) is 10.9 Å².